The van der Waals surface area contributed by atoms with E-state index in [2.05, 4.69) is 6.92 Å². The molecular formula is C15H26O5. The first kappa shape index (κ1) is 14.7. The standard InChI is InChI=1S/C15H26O5/c1-10-8-11(16)13-14(12(10)18-9-17-2)20-15(19-13)6-4-3-5-7-15/h10-14,16H,3-9H2,1-2H3/t10-,11-,12+,13+,14-/m1/s1. The van der Waals surface area contributed by atoms with Gasteiger partial charge >= 0.3 is 0 Å². The van der Waals surface area contributed by atoms with Gasteiger partial charge in [0.2, 0.25) is 0 Å². The maximum Gasteiger partial charge on any atom is 0.169 e. The average molecular weight is 286 g/mol. The first-order chi connectivity index (χ1) is 9.65. The maximum atomic E-state index is 10.3. The second kappa shape index (κ2) is 5.89. The zero-order chi connectivity index (χ0) is 14.2. The lowest BCUT2D eigenvalue weighted by molar-refractivity contribution is -0.208. The number of hydrogen-bond donors (Lipinski definition) is 1. The van der Waals surface area contributed by atoms with Gasteiger partial charge in [0.15, 0.2) is 5.79 Å². The summed E-state index contributed by atoms with van der Waals surface area (Å²) in [6, 6.07) is 0. The number of aliphatic hydroxyl groups excluding tert-OH is 1. The molecule has 0 bridgehead atoms. The van der Waals surface area contributed by atoms with Crippen molar-refractivity contribution >= 4 is 0 Å². The van der Waals surface area contributed by atoms with Crippen molar-refractivity contribution in [1.29, 1.82) is 0 Å². The molecule has 3 fully saturated rings. The Bertz CT molecular complexity index is 318. The molecule has 1 heterocycles. The molecule has 0 amide bonds. The van der Waals surface area contributed by atoms with E-state index in [0.717, 1.165) is 25.7 Å². The summed E-state index contributed by atoms with van der Waals surface area (Å²) < 4.78 is 23.3. The van der Waals surface area contributed by atoms with Crippen molar-refractivity contribution < 1.29 is 24.1 Å². The van der Waals surface area contributed by atoms with E-state index in [4.69, 9.17) is 18.9 Å². The lowest BCUT2D eigenvalue weighted by Gasteiger charge is -2.38. The second-order valence-corrected chi connectivity index (χ2v) is 6.45. The highest BCUT2D eigenvalue weighted by Gasteiger charge is 2.56. The molecule has 116 valence electrons. The van der Waals surface area contributed by atoms with E-state index in [-0.39, 0.29) is 31.0 Å². The van der Waals surface area contributed by atoms with Crippen LogP contribution in [0.15, 0.2) is 0 Å². The van der Waals surface area contributed by atoms with Gasteiger partial charge in [0.25, 0.3) is 0 Å². The molecule has 0 radical (unpaired) electrons. The predicted octanol–water partition coefficient (Wildman–Crippen LogP) is 1.82. The molecule has 0 aromatic heterocycles. The third-order valence-electron chi connectivity index (χ3n) is 4.90. The molecule has 5 atom stereocenters. The van der Waals surface area contributed by atoms with Crippen LogP contribution in [-0.4, -0.2) is 49.2 Å². The third kappa shape index (κ3) is 2.62. The van der Waals surface area contributed by atoms with Gasteiger partial charge in [-0.2, -0.15) is 0 Å². The minimum absolute atomic E-state index is 0.0651. The lowest BCUT2D eigenvalue weighted by atomic mass is 9.82. The van der Waals surface area contributed by atoms with Crippen molar-refractivity contribution in [2.45, 2.75) is 75.7 Å². The van der Waals surface area contributed by atoms with Crippen molar-refractivity contribution in [2.75, 3.05) is 13.9 Å². The number of fused-ring (bicyclic) bond motifs is 1. The maximum absolute atomic E-state index is 10.3. The fourth-order valence-electron chi connectivity index (χ4n) is 3.91. The van der Waals surface area contributed by atoms with E-state index in [0.29, 0.717) is 6.42 Å². The summed E-state index contributed by atoms with van der Waals surface area (Å²) in [4.78, 5) is 0. The second-order valence-electron chi connectivity index (χ2n) is 6.45. The fraction of sp³-hybridized carbons (Fsp3) is 1.00. The molecule has 3 aliphatic rings. The molecule has 1 N–H and O–H groups in total. The molecule has 0 unspecified atom stereocenters. The fourth-order valence-corrected chi connectivity index (χ4v) is 3.91. The Morgan fingerprint density at radius 3 is 2.55 bits per heavy atom. The number of aliphatic hydroxyl groups is 1. The van der Waals surface area contributed by atoms with Gasteiger partial charge in [0.05, 0.1) is 12.2 Å². The summed E-state index contributed by atoms with van der Waals surface area (Å²) in [7, 11) is 1.62. The lowest BCUT2D eigenvalue weighted by Crippen LogP contribution is -2.52. The molecule has 1 saturated heterocycles. The Hall–Kier alpha value is -0.200. The third-order valence-corrected chi connectivity index (χ3v) is 4.90. The van der Waals surface area contributed by atoms with Crippen molar-refractivity contribution in [3.63, 3.8) is 0 Å². The van der Waals surface area contributed by atoms with Crippen molar-refractivity contribution in [3.8, 4) is 0 Å². The summed E-state index contributed by atoms with van der Waals surface area (Å²) in [5.41, 5.74) is 0. The van der Waals surface area contributed by atoms with E-state index >= 15 is 0 Å². The van der Waals surface area contributed by atoms with Crippen molar-refractivity contribution in [1.82, 2.24) is 0 Å². The topological polar surface area (TPSA) is 57.2 Å². The van der Waals surface area contributed by atoms with Gasteiger partial charge in [-0.25, -0.2) is 0 Å². The number of methoxy groups -OCH3 is 1. The van der Waals surface area contributed by atoms with Crippen LogP contribution in [0.1, 0.15) is 45.4 Å². The van der Waals surface area contributed by atoms with Crippen LogP contribution < -0.4 is 0 Å². The van der Waals surface area contributed by atoms with Crippen LogP contribution in [0.4, 0.5) is 0 Å². The molecule has 0 aromatic rings. The van der Waals surface area contributed by atoms with Gasteiger partial charge in [-0.15, -0.1) is 0 Å². The van der Waals surface area contributed by atoms with Crippen LogP contribution in [0.3, 0.4) is 0 Å². The SMILES string of the molecule is COCO[C@@H]1[C@H]2OC3(CCCCC3)O[C@H]2[C@H](O)C[C@H]1C. The van der Waals surface area contributed by atoms with Crippen molar-refractivity contribution in [2.24, 2.45) is 5.92 Å². The van der Waals surface area contributed by atoms with E-state index in [1.165, 1.54) is 6.42 Å². The van der Waals surface area contributed by atoms with Crippen LogP contribution in [-0.2, 0) is 18.9 Å². The van der Waals surface area contributed by atoms with Crippen LogP contribution in [0.5, 0.6) is 0 Å². The summed E-state index contributed by atoms with van der Waals surface area (Å²) in [5, 5.41) is 10.3. The molecule has 3 rings (SSSR count). The van der Waals surface area contributed by atoms with E-state index < -0.39 is 11.9 Å². The first-order valence-electron chi connectivity index (χ1n) is 7.79. The van der Waals surface area contributed by atoms with Crippen LogP contribution in [0, 0.1) is 5.92 Å². The van der Waals surface area contributed by atoms with Gasteiger partial charge < -0.3 is 24.1 Å². The van der Waals surface area contributed by atoms with Gasteiger partial charge in [0.1, 0.15) is 19.0 Å². The smallest absolute Gasteiger partial charge is 0.169 e. The summed E-state index contributed by atoms with van der Waals surface area (Å²) in [6.45, 7) is 2.35. The monoisotopic (exact) mass is 286 g/mol. The zero-order valence-electron chi connectivity index (χ0n) is 12.4. The van der Waals surface area contributed by atoms with Crippen LogP contribution in [0.2, 0.25) is 0 Å². The Morgan fingerprint density at radius 2 is 1.85 bits per heavy atom. The minimum atomic E-state index is -0.479. The van der Waals surface area contributed by atoms with Crippen molar-refractivity contribution in [3.05, 3.63) is 0 Å². The van der Waals surface area contributed by atoms with Gasteiger partial charge in [-0.05, 0) is 25.2 Å². The number of ether oxygens (including phenoxy) is 4. The van der Waals surface area contributed by atoms with E-state index in [1.54, 1.807) is 7.11 Å². The average Bonchev–Trinajstić information content (AvgIpc) is 2.79. The zero-order valence-corrected chi connectivity index (χ0v) is 12.4. The molecule has 2 saturated carbocycles. The Kier molecular flexibility index (Phi) is 4.34. The van der Waals surface area contributed by atoms with E-state index in [1.807, 2.05) is 0 Å². The van der Waals surface area contributed by atoms with Crippen LogP contribution >= 0.6 is 0 Å². The number of rotatable bonds is 3. The van der Waals surface area contributed by atoms with Gasteiger partial charge in [0, 0.05) is 20.0 Å². The molecule has 5 heteroatoms. The molecule has 20 heavy (non-hydrogen) atoms. The molecule has 1 aliphatic heterocycles. The summed E-state index contributed by atoms with van der Waals surface area (Å²) in [5.74, 6) is -0.239. The Balaban J connectivity index is 1.75. The molecule has 1 spiro atoms. The predicted molar refractivity (Wildman–Crippen MR) is 72.1 cm³/mol. The highest BCUT2D eigenvalue weighted by molar-refractivity contribution is 5.00. The number of hydrogen-bond acceptors (Lipinski definition) is 5. The normalized spacial score (nSPS) is 43.6. The Morgan fingerprint density at radius 1 is 1.15 bits per heavy atom. The molecule has 0 aromatic carbocycles. The minimum Gasteiger partial charge on any atom is -0.390 e. The van der Waals surface area contributed by atoms with Gasteiger partial charge in [-0.3, -0.25) is 0 Å². The Labute approximate surface area is 120 Å². The van der Waals surface area contributed by atoms with Gasteiger partial charge in [-0.1, -0.05) is 13.3 Å². The molecule has 5 nitrogen and oxygen atoms in total. The van der Waals surface area contributed by atoms with Crippen LogP contribution in [0.25, 0.3) is 0 Å². The first-order valence-corrected chi connectivity index (χ1v) is 7.79. The largest absolute Gasteiger partial charge is 0.390 e. The van der Waals surface area contributed by atoms with E-state index in [9.17, 15) is 5.11 Å². The highest BCUT2D eigenvalue weighted by Crippen LogP contribution is 2.46. The highest BCUT2D eigenvalue weighted by atomic mass is 16.8. The molecular weight excluding hydrogens is 260 g/mol. The quantitative estimate of drug-likeness (QED) is 0.802. The summed E-state index contributed by atoms with van der Waals surface area (Å²) >= 11 is 0. The summed E-state index contributed by atoms with van der Waals surface area (Å²) in [6.07, 6.45) is 5.09. The molecule has 2 aliphatic carbocycles.